The van der Waals surface area contributed by atoms with Gasteiger partial charge in [-0.3, -0.25) is 0 Å². The van der Waals surface area contributed by atoms with E-state index in [-0.39, 0.29) is 11.7 Å². The third-order valence-corrected chi connectivity index (χ3v) is 4.63. The molecule has 25 heavy (non-hydrogen) atoms. The van der Waals surface area contributed by atoms with Crippen LogP contribution in [0, 0.1) is 6.92 Å². The monoisotopic (exact) mass is 368 g/mol. The normalized spacial score (nSPS) is 14.2. The Labute approximate surface area is 148 Å². The fraction of sp³-hybridized carbons (Fsp3) is 0.278. The lowest BCUT2D eigenvalue weighted by atomic mass is 9.96. The van der Waals surface area contributed by atoms with Gasteiger partial charge in [0.1, 0.15) is 0 Å². The van der Waals surface area contributed by atoms with Crippen molar-refractivity contribution in [2.45, 2.75) is 26.1 Å². The average Bonchev–Trinajstić information content (AvgIpc) is 2.53. The number of nitrogens with zero attached hydrogens (tertiary/aromatic N) is 1. The zero-order valence-electron chi connectivity index (χ0n) is 13.5. The van der Waals surface area contributed by atoms with Gasteiger partial charge in [-0.25, -0.2) is 4.79 Å². The average molecular weight is 369 g/mol. The summed E-state index contributed by atoms with van der Waals surface area (Å²) in [5.41, 5.74) is 2.77. The van der Waals surface area contributed by atoms with Gasteiger partial charge in [0.2, 0.25) is 0 Å². The molecule has 0 bridgehead atoms. The summed E-state index contributed by atoms with van der Waals surface area (Å²) in [5.74, 6) is 0. The fourth-order valence-electron chi connectivity index (χ4n) is 2.95. The van der Waals surface area contributed by atoms with E-state index < -0.39 is 16.8 Å². The maximum atomic E-state index is 12.7. The van der Waals surface area contributed by atoms with E-state index >= 15 is 0 Å². The van der Waals surface area contributed by atoms with Gasteiger partial charge in [0, 0.05) is 18.8 Å². The zero-order valence-corrected chi connectivity index (χ0v) is 14.2. The van der Waals surface area contributed by atoms with Gasteiger partial charge in [0.15, 0.2) is 0 Å². The van der Waals surface area contributed by atoms with E-state index in [1.54, 1.807) is 4.90 Å². The van der Waals surface area contributed by atoms with E-state index in [0.717, 1.165) is 29.7 Å². The minimum Gasteiger partial charge on any atom is -0.320 e. The number of alkyl halides is 3. The van der Waals surface area contributed by atoms with Crippen LogP contribution in [-0.4, -0.2) is 17.5 Å². The molecule has 3 nitrogen and oxygen atoms in total. The van der Waals surface area contributed by atoms with E-state index in [1.807, 2.05) is 25.1 Å². The molecule has 2 amide bonds. The lowest BCUT2D eigenvalue weighted by Gasteiger charge is -2.30. The molecule has 1 aliphatic rings. The smallest absolute Gasteiger partial charge is 0.320 e. The number of hydrogen-bond acceptors (Lipinski definition) is 1. The number of urea groups is 1. The molecule has 0 fully saturated rings. The quantitative estimate of drug-likeness (QED) is 0.731. The number of carbonyl (C=O) groups is 1. The van der Waals surface area contributed by atoms with E-state index in [2.05, 4.69) is 5.32 Å². The number of nitrogens with one attached hydrogen (secondary N) is 1. The van der Waals surface area contributed by atoms with E-state index in [0.29, 0.717) is 13.1 Å². The van der Waals surface area contributed by atoms with Gasteiger partial charge >= 0.3 is 12.2 Å². The zero-order chi connectivity index (χ0) is 18.2. The van der Waals surface area contributed by atoms with Crippen molar-refractivity contribution in [3.63, 3.8) is 0 Å². The van der Waals surface area contributed by atoms with Gasteiger partial charge in [-0.05, 0) is 48.2 Å². The molecule has 1 aliphatic heterocycles. The summed E-state index contributed by atoms with van der Waals surface area (Å²) in [5, 5.41) is 2.18. The molecule has 7 heteroatoms. The second kappa shape index (κ2) is 6.59. The number of carbonyl (C=O) groups excluding carboxylic acids is 1. The highest BCUT2D eigenvalue weighted by molar-refractivity contribution is 6.31. The minimum atomic E-state index is -4.52. The first kappa shape index (κ1) is 17.6. The Morgan fingerprint density at radius 3 is 2.68 bits per heavy atom. The maximum Gasteiger partial charge on any atom is 0.417 e. The number of aryl methyl sites for hydroxylation is 1. The predicted octanol–water partition coefficient (Wildman–Crippen LogP) is 5.26. The highest BCUT2D eigenvalue weighted by Crippen LogP contribution is 2.36. The molecular formula is C18H16ClF3N2O. The Balaban J connectivity index is 1.73. The van der Waals surface area contributed by atoms with Crippen LogP contribution >= 0.6 is 11.6 Å². The molecule has 0 saturated heterocycles. The van der Waals surface area contributed by atoms with Gasteiger partial charge in [-0.15, -0.1) is 0 Å². The number of hydrogen-bond donors (Lipinski definition) is 1. The third kappa shape index (κ3) is 3.74. The van der Waals surface area contributed by atoms with Crippen LogP contribution in [0.4, 0.5) is 23.7 Å². The topological polar surface area (TPSA) is 32.3 Å². The standard InChI is InChI=1S/C18H16ClF3N2O/c1-11-3-2-4-12-7-8-24(10-14(11)12)17(25)23-13-5-6-15(16(19)9-13)18(20,21)22/h2-6,9H,7-8,10H2,1H3,(H,23,25). The van der Waals surface area contributed by atoms with Crippen molar-refractivity contribution in [3.8, 4) is 0 Å². The highest BCUT2D eigenvalue weighted by Gasteiger charge is 2.33. The van der Waals surface area contributed by atoms with Gasteiger partial charge in [0.05, 0.1) is 10.6 Å². The summed E-state index contributed by atoms with van der Waals surface area (Å²) >= 11 is 5.69. The summed E-state index contributed by atoms with van der Waals surface area (Å²) in [7, 11) is 0. The minimum absolute atomic E-state index is 0.235. The molecule has 1 heterocycles. The Morgan fingerprint density at radius 1 is 1.24 bits per heavy atom. The van der Waals surface area contributed by atoms with E-state index in [4.69, 9.17) is 11.6 Å². The van der Waals surface area contributed by atoms with Crippen LogP contribution in [0.3, 0.4) is 0 Å². The molecule has 1 N–H and O–H groups in total. The number of amides is 2. The first-order valence-corrected chi connectivity index (χ1v) is 8.13. The molecule has 0 unspecified atom stereocenters. The molecule has 0 atom stereocenters. The largest absolute Gasteiger partial charge is 0.417 e. The molecular weight excluding hydrogens is 353 g/mol. The lowest BCUT2D eigenvalue weighted by Crippen LogP contribution is -2.39. The first-order chi connectivity index (χ1) is 11.8. The molecule has 2 aromatic carbocycles. The Kier molecular flexibility index (Phi) is 4.64. The van der Waals surface area contributed by atoms with Crippen molar-refractivity contribution in [1.29, 1.82) is 0 Å². The molecule has 132 valence electrons. The van der Waals surface area contributed by atoms with Gasteiger partial charge in [-0.1, -0.05) is 29.8 Å². The number of fused-ring (bicyclic) bond motifs is 1. The summed E-state index contributed by atoms with van der Waals surface area (Å²) in [6, 6.07) is 8.87. The van der Waals surface area contributed by atoms with Crippen molar-refractivity contribution in [2.75, 3.05) is 11.9 Å². The van der Waals surface area contributed by atoms with Crippen molar-refractivity contribution < 1.29 is 18.0 Å². The van der Waals surface area contributed by atoms with Crippen LogP contribution in [0.5, 0.6) is 0 Å². The number of benzene rings is 2. The second-order valence-electron chi connectivity index (χ2n) is 6.01. The molecule has 0 spiro atoms. The van der Waals surface area contributed by atoms with Crippen LogP contribution in [0.2, 0.25) is 5.02 Å². The van der Waals surface area contributed by atoms with Crippen molar-refractivity contribution in [2.24, 2.45) is 0 Å². The van der Waals surface area contributed by atoms with Crippen LogP contribution < -0.4 is 5.32 Å². The number of halogens is 4. The third-order valence-electron chi connectivity index (χ3n) is 4.32. The van der Waals surface area contributed by atoms with Crippen LogP contribution in [0.1, 0.15) is 22.3 Å². The van der Waals surface area contributed by atoms with Crippen molar-refractivity contribution >= 4 is 23.3 Å². The van der Waals surface area contributed by atoms with Crippen LogP contribution in [-0.2, 0) is 19.1 Å². The lowest BCUT2D eigenvalue weighted by molar-refractivity contribution is -0.137. The van der Waals surface area contributed by atoms with Crippen molar-refractivity contribution in [1.82, 2.24) is 4.90 Å². The maximum absolute atomic E-state index is 12.7. The highest BCUT2D eigenvalue weighted by atomic mass is 35.5. The molecule has 3 rings (SSSR count). The molecule has 0 radical (unpaired) electrons. The molecule has 0 saturated carbocycles. The Bertz CT molecular complexity index is 820. The van der Waals surface area contributed by atoms with Crippen LogP contribution in [0.15, 0.2) is 36.4 Å². The summed E-state index contributed by atoms with van der Waals surface area (Å²) < 4.78 is 38.2. The van der Waals surface area contributed by atoms with E-state index in [1.165, 1.54) is 11.6 Å². The summed E-state index contributed by atoms with van der Waals surface area (Å²) in [6.45, 7) is 3.02. The fourth-order valence-corrected chi connectivity index (χ4v) is 3.24. The van der Waals surface area contributed by atoms with Gasteiger partial charge in [0.25, 0.3) is 0 Å². The van der Waals surface area contributed by atoms with Gasteiger partial charge < -0.3 is 10.2 Å². The molecule has 0 aromatic heterocycles. The second-order valence-corrected chi connectivity index (χ2v) is 6.41. The van der Waals surface area contributed by atoms with Crippen LogP contribution in [0.25, 0.3) is 0 Å². The van der Waals surface area contributed by atoms with Gasteiger partial charge in [-0.2, -0.15) is 13.2 Å². The summed E-state index contributed by atoms with van der Waals surface area (Å²) in [4.78, 5) is 14.1. The number of anilines is 1. The Hall–Kier alpha value is -2.21. The number of rotatable bonds is 1. The SMILES string of the molecule is Cc1cccc2c1CN(C(=O)Nc1ccc(C(F)(F)F)c(Cl)c1)CC2. The Morgan fingerprint density at radius 2 is 2.00 bits per heavy atom. The summed E-state index contributed by atoms with van der Waals surface area (Å²) in [6.07, 6.45) is -3.77. The predicted molar refractivity (Wildman–Crippen MR) is 90.8 cm³/mol. The first-order valence-electron chi connectivity index (χ1n) is 7.76. The molecule has 0 aliphatic carbocycles. The van der Waals surface area contributed by atoms with Crippen molar-refractivity contribution in [3.05, 3.63) is 63.7 Å². The molecule has 2 aromatic rings. The van der Waals surface area contributed by atoms with E-state index in [9.17, 15) is 18.0 Å².